The number of Topliss-reactive ketones (excluding diaryl/α,β-unsaturated/α-hetero) is 2. The van der Waals surface area contributed by atoms with Crippen LogP contribution in [-0.2, 0) is 14.3 Å². The number of ether oxygens (including phenoxy) is 1. The zero-order valence-electron chi connectivity index (χ0n) is 8.56. The summed E-state index contributed by atoms with van der Waals surface area (Å²) in [6, 6.07) is 0. The fourth-order valence-corrected chi connectivity index (χ4v) is 1.72. The van der Waals surface area contributed by atoms with Crippen molar-refractivity contribution in [1.82, 2.24) is 0 Å². The van der Waals surface area contributed by atoms with Crippen LogP contribution in [0.1, 0.15) is 13.8 Å². The van der Waals surface area contributed by atoms with Crippen LogP contribution in [0.3, 0.4) is 0 Å². The van der Waals surface area contributed by atoms with E-state index < -0.39 is 35.5 Å². The number of hydrogen-bond acceptors (Lipinski definition) is 6. The van der Waals surface area contributed by atoms with Gasteiger partial charge in [0, 0.05) is 0 Å². The van der Waals surface area contributed by atoms with Crippen LogP contribution in [0.15, 0.2) is 0 Å². The smallest absolute Gasteiger partial charge is 0.189 e. The molecule has 1 aliphatic rings. The van der Waals surface area contributed by atoms with E-state index in [-0.39, 0.29) is 6.61 Å². The van der Waals surface area contributed by atoms with Crippen molar-refractivity contribution in [3.05, 3.63) is 0 Å². The molecular formula is C9H14O6. The van der Waals surface area contributed by atoms with Crippen molar-refractivity contribution in [2.75, 3.05) is 13.2 Å². The molecule has 15 heavy (non-hydrogen) atoms. The Hall–Kier alpha value is -0.820. The lowest BCUT2D eigenvalue weighted by molar-refractivity contribution is -0.246. The Labute approximate surface area is 86.5 Å². The molecule has 1 fully saturated rings. The third-order valence-electron chi connectivity index (χ3n) is 2.82. The fourth-order valence-electron chi connectivity index (χ4n) is 1.72. The van der Waals surface area contributed by atoms with Gasteiger partial charge >= 0.3 is 0 Å². The molecular weight excluding hydrogens is 204 g/mol. The summed E-state index contributed by atoms with van der Waals surface area (Å²) in [6.07, 6.45) is -1.61. The summed E-state index contributed by atoms with van der Waals surface area (Å²) >= 11 is 0. The zero-order valence-corrected chi connectivity index (χ0v) is 8.56. The molecule has 0 unspecified atom stereocenters. The quantitative estimate of drug-likeness (QED) is 0.496. The van der Waals surface area contributed by atoms with Gasteiger partial charge in [-0.3, -0.25) is 9.59 Å². The van der Waals surface area contributed by atoms with Gasteiger partial charge in [-0.2, -0.15) is 0 Å². The van der Waals surface area contributed by atoms with Crippen LogP contribution < -0.4 is 0 Å². The maximum absolute atomic E-state index is 11.3. The topological polar surface area (TPSA) is 104 Å². The van der Waals surface area contributed by atoms with E-state index in [2.05, 4.69) is 0 Å². The molecule has 1 aliphatic heterocycles. The van der Waals surface area contributed by atoms with Gasteiger partial charge in [-0.1, -0.05) is 0 Å². The van der Waals surface area contributed by atoms with Gasteiger partial charge in [0.25, 0.3) is 0 Å². The lowest BCUT2D eigenvalue weighted by Crippen LogP contribution is -2.73. The van der Waals surface area contributed by atoms with Gasteiger partial charge in [0.1, 0.15) is 6.10 Å². The highest BCUT2D eigenvalue weighted by atomic mass is 16.5. The number of carbonyl (C=O) groups is 2. The molecule has 0 amide bonds. The number of aliphatic hydroxyl groups excluding tert-OH is 1. The number of aliphatic hydroxyl groups is 3. The largest absolute Gasteiger partial charge is 0.387 e. The van der Waals surface area contributed by atoms with Crippen molar-refractivity contribution < 1.29 is 29.6 Å². The first kappa shape index (κ1) is 12.3. The minimum absolute atomic E-state index is 0.300. The van der Waals surface area contributed by atoms with Crippen LogP contribution in [0.2, 0.25) is 0 Å². The molecule has 0 aromatic carbocycles. The van der Waals surface area contributed by atoms with Gasteiger partial charge in [0.05, 0.1) is 13.2 Å². The molecule has 0 spiro atoms. The Balaban J connectivity index is 3.24. The van der Waals surface area contributed by atoms with E-state index in [1.165, 1.54) is 0 Å². The molecule has 1 heterocycles. The molecule has 0 radical (unpaired) electrons. The van der Waals surface area contributed by atoms with Crippen molar-refractivity contribution >= 4 is 11.6 Å². The molecule has 6 heteroatoms. The second kappa shape index (κ2) is 3.64. The molecule has 3 N–H and O–H groups in total. The van der Waals surface area contributed by atoms with E-state index >= 15 is 0 Å². The fraction of sp³-hybridized carbons (Fsp3) is 0.778. The van der Waals surface area contributed by atoms with Crippen LogP contribution in [0, 0.1) is 0 Å². The maximum atomic E-state index is 11.3. The molecule has 1 rings (SSSR count). The Morgan fingerprint density at radius 2 is 1.80 bits per heavy atom. The predicted octanol–water partition coefficient (Wildman–Crippen LogP) is -1.98. The lowest BCUT2D eigenvalue weighted by Gasteiger charge is -2.45. The van der Waals surface area contributed by atoms with Crippen molar-refractivity contribution in [1.29, 1.82) is 0 Å². The van der Waals surface area contributed by atoms with Crippen molar-refractivity contribution in [2.24, 2.45) is 0 Å². The summed E-state index contributed by atoms with van der Waals surface area (Å²) in [5.41, 5.74) is -4.87. The van der Waals surface area contributed by atoms with Crippen LogP contribution in [0.4, 0.5) is 0 Å². The van der Waals surface area contributed by atoms with Gasteiger partial charge in [-0.25, -0.2) is 0 Å². The van der Waals surface area contributed by atoms with E-state index in [1.54, 1.807) is 0 Å². The molecule has 0 saturated carbocycles. The molecule has 0 aromatic rings. The monoisotopic (exact) mass is 218 g/mol. The Morgan fingerprint density at radius 1 is 1.27 bits per heavy atom. The number of carbonyl (C=O) groups excluding carboxylic acids is 2. The minimum Gasteiger partial charge on any atom is -0.387 e. The van der Waals surface area contributed by atoms with E-state index in [9.17, 15) is 24.9 Å². The summed E-state index contributed by atoms with van der Waals surface area (Å²) in [5.74, 6) is -1.69. The van der Waals surface area contributed by atoms with E-state index in [0.29, 0.717) is 0 Å². The lowest BCUT2D eigenvalue weighted by atomic mass is 9.73. The highest BCUT2D eigenvalue weighted by molar-refractivity contribution is 5.98. The van der Waals surface area contributed by atoms with Gasteiger partial charge in [-0.05, 0) is 13.8 Å². The zero-order chi connectivity index (χ0) is 11.9. The van der Waals surface area contributed by atoms with Crippen LogP contribution in [-0.4, -0.2) is 57.4 Å². The molecule has 6 nitrogen and oxygen atoms in total. The molecule has 0 aromatic heterocycles. The van der Waals surface area contributed by atoms with Crippen LogP contribution >= 0.6 is 0 Å². The van der Waals surface area contributed by atoms with Crippen LogP contribution in [0.25, 0.3) is 0 Å². The van der Waals surface area contributed by atoms with Crippen molar-refractivity contribution in [2.45, 2.75) is 31.2 Å². The third-order valence-corrected chi connectivity index (χ3v) is 2.82. The molecule has 0 aliphatic carbocycles. The average molecular weight is 218 g/mol. The van der Waals surface area contributed by atoms with Gasteiger partial charge in [0.2, 0.25) is 0 Å². The Bertz CT molecular complexity index is 301. The number of rotatable bonds is 2. The summed E-state index contributed by atoms with van der Waals surface area (Å²) in [5, 5.41) is 29.3. The molecule has 3 atom stereocenters. The normalized spacial score (nSPS) is 41.3. The first-order chi connectivity index (χ1) is 6.76. The summed E-state index contributed by atoms with van der Waals surface area (Å²) in [6.45, 7) is 1.22. The van der Waals surface area contributed by atoms with Gasteiger partial charge in [0.15, 0.2) is 22.8 Å². The molecule has 1 saturated heterocycles. The second-order valence-corrected chi connectivity index (χ2v) is 3.77. The van der Waals surface area contributed by atoms with Crippen LogP contribution in [0.5, 0.6) is 0 Å². The van der Waals surface area contributed by atoms with E-state index in [1.807, 2.05) is 0 Å². The van der Waals surface area contributed by atoms with Crippen molar-refractivity contribution in [3.63, 3.8) is 0 Å². The van der Waals surface area contributed by atoms with E-state index in [4.69, 9.17) is 4.74 Å². The Kier molecular flexibility index (Phi) is 2.97. The SMILES string of the molecule is CC(=O)[C@]1(O)COC[C@@H](O)[C@@]1(O)C(C)=O. The second-order valence-electron chi connectivity index (χ2n) is 3.77. The maximum Gasteiger partial charge on any atom is 0.189 e. The highest BCUT2D eigenvalue weighted by Gasteiger charge is 2.63. The van der Waals surface area contributed by atoms with Gasteiger partial charge in [-0.15, -0.1) is 0 Å². The standard InChI is InChI=1S/C9H14O6/c1-5(10)8(13)4-15-3-7(12)9(8,14)6(2)11/h7,12-14H,3-4H2,1-2H3/t7-,8-,9+/m1/s1. The van der Waals surface area contributed by atoms with Gasteiger partial charge < -0.3 is 20.1 Å². The first-order valence-corrected chi connectivity index (χ1v) is 4.49. The van der Waals surface area contributed by atoms with E-state index in [0.717, 1.165) is 13.8 Å². The molecule has 86 valence electrons. The van der Waals surface area contributed by atoms with Crippen molar-refractivity contribution in [3.8, 4) is 0 Å². The minimum atomic E-state index is -2.49. The average Bonchev–Trinajstić information content (AvgIpc) is 2.13. The predicted molar refractivity (Wildman–Crippen MR) is 48.1 cm³/mol. The highest BCUT2D eigenvalue weighted by Crippen LogP contribution is 2.32. The third kappa shape index (κ3) is 1.50. The molecule has 0 bridgehead atoms. The summed E-state index contributed by atoms with van der Waals surface area (Å²) in [4.78, 5) is 22.5. The number of hydrogen-bond donors (Lipinski definition) is 3. The summed E-state index contributed by atoms with van der Waals surface area (Å²) < 4.78 is 4.77. The number of ketones is 2. The first-order valence-electron chi connectivity index (χ1n) is 4.49. The summed E-state index contributed by atoms with van der Waals surface area (Å²) in [7, 11) is 0. The Morgan fingerprint density at radius 3 is 2.13 bits per heavy atom.